The molecule has 0 aliphatic heterocycles. The highest BCUT2D eigenvalue weighted by molar-refractivity contribution is 6.32. The van der Waals surface area contributed by atoms with E-state index in [2.05, 4.69) is 15.5 Å². The van der Waals surface area contributed by atoms with Gasteiger partial charge in [0.1, 0.15) is 0 Å². The lowest BCUT2D eigenvalue weighted by Gasteiger charge is -2.20. The molecule has 2 heterocycles. The molecule has 0 radical (unpaired) electrons. The first-order valence-electron chi connectivity index (χ1n) is 8.09. The van der Waals surface area contributed by atoms with Crippen LogP contribution >= 0.6 is 11.6 Å². The number of nitrogens with one attached hydrogen (secondary N) is 1. The summed E-state index contributed by atoms with van der Waals surface area (Å²) in [7, 11) is 0. The lowest BCUT2D eigenvalue weighted by molar-refractivity contribution is -0.117. The van der Waals surface area contributed by atoms with Gasteiger partial charge in [0.05, 0.1) is 6.04 Å². The van der Waals surface area contributed by atoms with E-state index in [0.717, 1.165) is 11.2 Å². The van der Waals surface area contributed by atoms with Crippen molar-refractivity contribution in [2.45, 2.75) is 19.9 Å². The van der Waals surface area contributed by atoms with Gasteiger partial charge in [0.2, 0.25) is 5.91 Å². The van der Waals surface area contributed by atoms with Gasteiger partial charge in [0.25, 0.3) is 0 Å². The summed E-state index contributed by atoms with van der Waals surface area (Å²) in [6.45, 7) is 4.07. The van der Waals surface area contributed by atoms with Crippen LogP contribution in [0.5, 0.6) is 0 Å². The van der Waals surface area contributed by atoms with Gasteiger partial charge in [-0.2, -0.15) is 0 Å². The van der Waals surface area contributed by atoms with Gasteiger partial charge in [-0.15, -0.1) is 10.2 Å². The molecular weight excluding hydrogens is 336 g/mol. The summed E-state index contributed by atoms with van der Waals surface area (Å²) >= 11 is 6.11. The number of halogens is 1. The number of rotatable bonds is 5. The number of hydrogen-bond acceptors (Lipinski definition) is 3. The maximum Gasteiger partial charge on any atom is 0.244 e. The number of carbonyl (C=O) groups excluding carboxylic acids is 1. The number of pyridine rings is 1. The number of aromatic nitrogens is 3. The van der Waals surface area contributed by atoms with Crippen molar-refractivity contribution in [1.29, 1.82) is 0 Å². The second-order valence-electron chi connectivity index (χ2n) is 6.07. The Hall–Kier alpha value is -2.66. The van der Waals surface area contributed by atoms with Gasteiger partial charge in [-0.05, 0) is 35.8 Å². The van der Waals surface area contributed by atoms with E-state index < -0.39 is 0 Å². The first-order valence-corrected chi connectivity index (χ1v) is 8.47. The molecule has 0 bridgehead atoms. The van der Waals surface area contributed by atoms with Crippen LogP contribution in [0.25, 0.3) is 11.7 Å². The standard InChI is InChI=1S/C19H19ClN4O/c1-13(2)18(19-23-22-16-9-5-6-12-24(16)19)21-17(25)11-10-14-7-3-4-8-15(14)20/h3-13,18H,1-2H3,(H,21,25)/b11-10+/t18-/m0/s1. The molecule has 25 heavy (non-hydrogen) atoms. The van der Waals surface area contributed by atoms with E-state index >= 15 is 0 Å². The maximum absolute atomic E-state index is 12.4. The zero-order chi connectivity index (χ0) is 17.8. The van der Waals surface area contributed by atoms with Gasteiger partial charge >= 0.3 is 0 Å². The van der Waals surface area contributed by atoms with Gasteiger partial charge in [-0.3, -0.25) is 9.20 Å². The van der Waals surface area contributed by atoms with E-state index in [0.29, 0.717) is 10.8 Å². The highest BCUT2D eigenvalue weighted by Crippen LogP contribution is 2.21. The van der Waals surface area contributed by atoms with Crippen LogP contribution in [-0.2, 0) is 4.79 Å². The fraction of sp³-hybridized carbons (Fsp3) is 0.211. The summed E-state index contributed by atoms with van der Waals surface area (Å²) in [5.41, 5.74) is 1.55. The van der Waals surface area contributed by atoms with Gasteiger partial charge in [0, 0.05) is 17.3 Å². The van der Waals surface area contributed by atoms with E-state index in [9.17, 15) is 4.79 Å². The van der Waals surface area contributed by atoms with Crippen LogP contribution in [0.4, 0.5) is 0 Å². The Morgan fingerprint density at radius 1 is 1.16 bits per heavy atom. The van der Waals surface area contributed by atoms with Crippen molar-refractivity contribution in [3.8, 4) is 0 Å². The number of carbonyl (C=O) groups is 1. The Bertz CT molecular complexity index is 916. The number of benzene rings is 1. The monoisotopic (exact) mass is 354 g/mol. The summed E-state index contributed by atoms with van der Waals surface area (Å²) in [5, 5.41) is 12.0. The SMILES string of the molecule is CC(C)[C@H](NC(=O)/C=C/c1ccccc1Cl)c1nnc2ccccn12. The highest BCUT2D eigenvalue weighted by atomic mass is 35.5. The summed E-state index contributed by atoms with van der Waals surface area (Å²) in [6.07, 6.45) is 5.09. The molecule has 1 atom stereocenters. The molecule has 1 aromatic carbocycles. The smallest absolute Gasteiger partial charge is 0.244 e. The fourth-order valence-electron chi connectivity index (χ4n) is 2.58. The first-order chi connectivity index (χ1) is 12.1. The van der Waals surface area contributed by atoms with E-state index in [1.54, 1.807) is 12.1 Å². The van der Waals surface area contributed by atoms with Crippen molar-refractivity contribution in [2.75, 3.05) is 0 Å². The Kier molecular flexibility index (Phi) is 5.14. The molecule has 2 aromatic heterocycles. The van der Waals surface area contributed by atoms with Crippen LogP contribution in [0.15, 0.2) is 54.7 Å². The Morgan fingerprint density at radius 2 is 1.92 bits per heavy atom. The third-order valence-electron chi connectivity index (χ3n) is 3.90. The van der Waals surface area contributed by atoms with Gasteiger partial charge < -0.3 is 5.32 Å². The van der Waals surface area contributed by atoms with E-state index in [1.165, 1.54) is 6.08 Å². The zero-order valence-electron chi connectivity index (χ0n) is 14.1. The lowest BCUT2D eigenvalue weighted by atomic mass is 10.0. The molecule has 3 aromatic rings. The summed E-state index contributed by atoms with van der Waals surface area (Å²) in [4.78, 5) is 12.4. The molecule has 1 amide bonds. The molecule has 0 spiro atoms. The molecule has 0 fully saturated rings. The van der Waals surface area contributed by atoms with Crippen molar-refractivity contribution in [2.24, 2.45) is 5.92 Å². The summed E-state index contributed by atoms with van der Waals surface area (Å²) in [6, 6.07) is 12.8. The number of fused-ring (bicyclic) bond motifs is 1. The molecule has 0 saturated carbocycles. The highest BCUT2D eigenvalue weighted by Gasteiger charge is 2.22. The first kappa shape index (κ1) is 17.2. The van der Waals surface area contributed by atoms with Crippen molar-refractivity contribution in [3.05, 3.63) is 71.1 Å². The number of hydrogen-bond donors (Lipinski definition) is 1. The molecule has 0 unspecified atom stereocenters. The van der Waals surface area contributed by atoms with Gasteiger partial charge in [-0.25, -0.2) is 0 Å². The van der Waals surface area contributed by atoms with Crippen LogP contribution in [0.1, 0.15) is 31.3 Å². The van der Waals surface area contributed by atoms with E-state index in [1.807, 2.05) is 60.8 Å². The predicted molar refractivity (Wildman–Crippen MR) is 99.2 cm³/mol. The van der Waals surface area contributed by atoms with E-state index in [4.69, 9.17) is 11.6 Å². The van der Waals surface area contributed by atoms with Crippen LogP contribution in [0.3, 0.4) is 0 Å². The number of amides is 1. The van der Waals surface area contributed by atoms with E-state index in [-0.39, 0.29) is 17.9 Å². The molecule has 0 aliphatic rings. The Morgan fingerprint density at radius 3 is 2.68 bits per heavy atom. The Balaban J connectivity index is 1.80. The van der Waals surface area contributed by atoms with Crippen molar-refractivity contribution in [3.63, 3.8) is 0 Å². The zero-order valence-corrected chi connectivity index (χ0v) is 14.8. The number of nitrogens with zero attached hydrogens (tertiary/aromatic N) is 3. The van der Waals surface area contributed by atoms with Crippen LogP contribution in [0, 0.1) is 5.92 Å². The largest absolute Gasteiger partial charge is 0.342 e. The fourth-order valence-corrected chi connectivity index (χ4v) is 2.78. The topological polar surface area (TPSA) is 59.3 Å². The molecule has 5 nitrogen and oxygen atoms in total. The molecular formula is C19H19ClN4O. The third kappa shape index (κ3) is 3.88. The molecule has 6 heteroatoms. The molecule has 3 rings (SSSR count). The lowest BCUT2D eigenvalue weighted by Crippen LogP contribution is -2.31. The van der Waals surface area contributed by atoms with Crippen LogP contribution < -0.4 is 5.32 Å². The Labute approximate surface area is 151 Å². The predicted octanol–water partition coefficient (Wildman–Crippen LogP) is 3.91. The normalized spacial score (nSPS) is 12.8. The minimum absolute atomic E-state index is 0.158. The maximum atomic E-state index is 12.4. The van der Waals surface area contributed by atoms with Gasteiger partial charge in [-0.1, -0.05) is 49.7 Å². The van der Waals surface area contributed by atoms with Crippen molar-refractivity contribution in [1.82, 2.24) is 19.9 Å². The summed E-state index contributed by atoms with van der Waals surface area (Å²) in [5.74, 6) is 0.668. The van der Waals surface area contributed by atoms with Crippen molar-refractivity contribution < 1.29 is 4.79 Å². The minimum atomic E-state index is -0.249. The van der Waals surface area contributed by atoms with Crippen LogP contribution in [0.2, 0.25) is 5.02 Å². The molecule has 128 valence electrons. The quantitative estimate of drug-likeness (QED) is 0.707. The molecule has 0 aliphatic carbocycles. The average molecular weight is 355 g/mol. The van der Waals surface area contributed by atoms with Crippen LogP contribution in [-0.4, -0.2) is 20.5 Å². The van der Waals surface area contributed by atoms with Gasteiger partial charge in [0.15, 0.2) is 11.5 Å². The second-order valence-corrected chi connectivity index (χ2v) is 6.48. The average Bonchev–Trinajstić information content (AvgIpc) is 3.02. The molecule has 1 N–H and O–H groups in total. The minimum Gasteiger partial charge on any atom is -0.342 e. The molecule has 0 saturated heterocycles. The van der Waals surface area contributed by atoms with Crippen molar-refractivity contribution >= 4 is 29.2 Å². The second kappa shape index (κ2) is 7.49. The summed E-state index contributed by atoms with van der Waals surface area (Å²) < 4.78 is 1.89. The third-order valence-corrected chi connectivity index (χ3v) is 4.25.